The Kier molecular flexibility index (Phi) is 5.50. The number of carbonyl (C=O) groups is 2. The van der Waals surface area contributed by atoms with E-state index in [2.05, 4.69) is 20.8 Å². The summed E-state index contributed by atoms with van der Waals surface area (Å²) < 4.78 is 0. The lowest BCUT2D eigenvalue weighted by Crippen LogP contribution is -2.19. The van der Waals surface area contributed by atoms with E-state index < -0.39 is 0 Å². The number of benzene rings is 1. The van der Waals surface area contributed by atoms with E-state index in [1.165, 1.54) is 11.3 Å². The minimum absolute atomic E-state index is 0.136. The smallest absolute Gasteiger partial charge is 0.271 e. The minimum atomic E-state index is -0.299. The predicted molar refractivity (Wildman–Crippen MR) is 103 cm³/mol. The molecule has 3 rings (SSSR count). The van der Waals surface area contributed by atoms with Crippen LogP contribution in [0.4, 0.5) is 5.69 Å². The van der Waals surface area contributed by atoms with Crippen molar-refractivity contribution in [3.63, 3.8) is 0 Å². The van der Waals surface area contributed by atoms with Crippen LogP contribution in [0, 0.1) is 0 Å². The number of amides is 2. The van der Waals surface area contributed by atoms with Gasteiger partial charge in [-0.25, -0.2) is 5.43 Å². The van der Waals surface area contributed by atoms with Gasteiger partial charge in [-0.2, -0.15) is 5.10 Å². The molecule has 2 N–H and O–H groups in total. The van der Waals surface area contributed by atoms with Crippen LogP contribution in [0.25, 0.3) is 0 Å². The first-order valence-electron chi connectivity index (χ1n) is 7.83. The van der Waals surface area contributed by atoms with E-state index in [-0.39, 0.29) is 11.8 Å². The number of rotatable bonds is 5. The highest BCUT2D eigenvalue weighted by Crippen LogP contribution is 2.14. The van der Waals surface area contributed by atoms with Gasteiger partial charge in [0.15, 0.2) is 0 Å². The Bertz CT molecular complexity index is 920. The fourth-order valence-corrected chi connectivity index (χ4v) is 2.78. The molecule has 0 fully saturated rings. The highest BCUT2D eigenvalue weighted by Gasteiger charge is 2.07. The molecule has 26 heavy (non-hydrogen) atoms. The largest absolute Gasteiger partial charge is 0.321 e. The van der Waals surface area contributed by atoms with E-state index in [0.717, 1.165) is 5.56 Å². The summed E-state index contributed by atoms with van der Waals surface area (Å²) in [5, 5.41) is 8.81. The van der Waals surface area contributed by atoms with Gasteiger partial charge in [-0.1, -0.05) is 18.2 Å². The maximum absolute atomic E-state index is 12.0. The molecule has 2 heterocycles. The molecule has 0 aliphatic rings. The number of nitrogens with zero attached hydrogens (tertiary/aromatic N) is 2. The predicted octanol–water partition coefficient (Wildman–Crippen LogP) is 3.55. The molecule has 0 saturated heterocycles. The van der Waals surface area contributed by atoms with Gasteiger partial charge in [-0.3, -0.25) is 14.6 Å². The number of hydrogen-bond acceptors (Lipinski definition) is 5. The highest BCUT2D eigenvalue weighted by molar-refractivity contribution is 7.12. The standard InChI is InChI=1S/C19H16N4O2S/c1-13(22-23-18(24)15-8-10-20-11-9-15)14-4-6-16(7-5-14)21-19(25)17-3-2-12-26-17/h2-12H,1H3,(H,21,25)(H,23,24)/b22-13+. The second-order valence-corrected chi connectivity index (χ2v) is 6.33. The molecule has 0 atom stereocenters. The third kappa shape index (κ3) is 4.40. The van der Waals surface area contributed by atoms with E-state index in [9.17, 15) is 9.59 Å². The topological polar surface area (TPSA) is 83.4 Å². The zero-order valence-electron chi connectivity index (χ0n) is 14.0. The van der Waals surface area contributed by atoms with Crippen molar-refractivity contribution in [3.05, 3.63) is 82.3 Å². The highest BCUT2D eigenvalue weighted by atomic mass is 32.1. The monoisotopic (exact) mass is 364 g/mol. The molecular weight excluding hydrogens is 348 g/mol. The summed E-state index contributed by atoms with van der Waals surface area (Å²) in [5.41, 5.74) is 5.20. The molecule has 2 amide bonds. The second kappa shape index (κ2) is 8.17. The number of carbonyl (C=O) groups excluding carboxylic acids is 2. The Morgan fingerprint density at radius 3 is 2.35 bits per heavy atom. The van der Waals surface area contributed by atoms with Gasteiger partial charge in [0.25, 0.3) is 11.8 Å². The number of aromatic nitrogens is 1. The molecule has 7 heteroatoms. The second-order valence-electron chi connectivity index (χ2n) is 5.38. The van der Waals surface area contributed by atoms with Gasteiger partial charge in [0.2, 0.25) is 0 Å². The van der Waals surface area contributed by atoms with Crippen molar-refractivity contribution in [1.82, 2.24) is 10.4 Å². The quantitative estimate of drug-likeness (QED) is 0.536. The summed E-state index contributed by atoms with van der Waals surface area (Å²) in [6, 6.07) is 14.1. The Balaban J connectivity index is 1.62. The Labute approximate surface area is 154 Å². The molecule has 0 saturated carbocycles. The van der Waals surface area contributed by atoms with Crippen LogP contribution in [0.3, 0.4) is 0 Å². The van der Waals surface area contributed by atoms with Crippen LogP contribution >= 0.6 is 11.3 Å². The number of nitrogens with one attached hydrogen (secondary N) is 2. The van der Waals surface area contributed by atoms with Crippen molar-refractivity contribution in [1.29, 1.82) is 0 Å². The maximum atomic E-state index is 12.0. The summed E-state index contributed by atoms with van der Waals surface area (Å²) >= 11 is 1.39. The summed E-state index contributed by atoms with van der Waals surface area (Å²) in [6.45, 7) is 1.80. The van der Waals surface area contributed by atoms with Crippen LogP contribution in [0.15, 0.2) is 71.4 Å². The Morgan fingerprint density at radius 1 is 0.962 bits per heavy atom. The van der Waals surface area contributed by atoms with Gasteiger partial charge in [-0.05, 0) is 48.2 Å². The van der Waals surface area contributed by atoms with Crippen LogP contribution in [0.1, 0.15) is 32.5 Å². The molecule has 6 nitrogen and oxygen atoms in total. The lowest BCUT2D eigenvalue weighted by molar-refractivity contribution is 0.0954. The SMILES string of the molecule is C/C(=N\NC(=O)c1ccncc1)c1ccc(NC(=O)c2cccs2)cc1. The van der Waals surface area contributed by atoms with Crippen molar-refractivity contribution in [2.75, 3.05) is 5.32 Å². The molecule has 2 aromatic heterocycles. The molecule has 0 bridgehead atoms. The normalized spacial score (nSPS) is 11.0. The summed E-state index contributed by atoms with van der Waals surface area (Å²) in [5.74, 6) is -0.436. The zero-order chi connectivity index (χ0) is 18.4. The fourth-order valence-electron chi connectivity index (χ4n) is 2.16. The average molecular weight is 364 g/mol. The number of pyridine rings is 1. The van der Waals surface area contributed by atoms with E-state index in [4.69, 9.17) is 0 Å². The van der Waals surface area contributed by atoms with E-state index >= 15 is 0 Å². The van der Waals surface area contributed by atoms with Crippen LogP contribution in [-0.2, 0) is 0 Å². The van der Waals surface area contributed by atoms with Crippen molar-refractivity contribution in [2.24, 2.45) is 5.10 Å². The Morgan fingerprint density at radius 2 is 1.69 bits per heavy atom. The lowest BCUT2D eigenvalue weighted by Gasteiger charge is -2.06. The first-order valence-corrected chi connectivity index (χ1v) is 8.71. The summed E-state index contributed by atoms with van der Waals surface area (Å²) in [4.78, 5) is 28.5. The van der Waals surface area contributed by atoms with Crippen LogP contribution < -0.4 is 10.7 Å². The molecule has 130 valence electrons. The molecule has 0 aliphatic carbocycles. The number of hydrazone groups is 1. The first kappa shape index (κ1) is 17.5. The molecule has 1 aromatic carbocycles. The molecular formula is C19H16N4O2S. The minimum Gasteiger partial charge on any atom is -0.321 e. The van der Waals surface area contributed by atoms with Gasteiger partial charge in [0, 0.05) is 23.6 Å². The number of thiophene rings is 1. The summed E-state index contributed by atoms with van der Waals surface area (Å²) in [6.07, 6.45) is 3.10. The molecule has 3 aromatic rings. The molecule has 0 radical (unpaired) electrons. The van der Waals surface area contributed by atoms with Crippen molar-refractivity contribution < 1.29 is 9.59 Å². The zero-order valence-corrected chi connectivity index (χ0v) is 14.8. The van der Waals surface area contributed by atoms with E-state index in [1.807, 2.05) is 23.6 Å². The Hall–Kier alpha value is -3.32. The first-order chi connectivity index (χ1) is 12.6. The fraction of sp³-hybridized carbons (Fsp3) is 0.0526. The van der Waals surface area contributed by atoms with Gasteiger partial charge in [0.1, 0.15) is 0 Å². The van der Waals surface area contributed by atoms with Gasteiger partial charge in [-0.15, -0.1) is 11.3 Å². The van der Waals surface area contributed by atoms with Crippen LogP contribution in [-0.4, -0.2) is 22.5 Å². The maximum Gasteiger partial charge on any atom is 0.271 e. The van der Waals surface area contributed by atoms with Crippen molar-refractivity contribution in [3.8, 4) is 0 Å². The van der Waals surface area contributed by atoms with Gasteiger partial charge in [0.05, 0.1) is 10.6 Å². The van der Waals surface area contributed by atoms with Crippen molar-refractivity contribution in [2.45, 2.75) is 6.92 Å². The molecule has 0 unspecified atom stereocenters. The van der Waals surface area contributed by atoms with Gasteiger partial charge < -0.3 is 5.32 Å². The van der Waals surface area contributed by atoms with Crippen LogP contribution in [0.2, 0.25) is 0 Å². The van der Waals surface area contributed by atoms with Crippen molar-refractivity contribution >= 4 is 34.6 Å². The molecule has 0 aliphatic heterocycles. The van der Waals surface area contributed by atoms with E-state index in [1.54, 1.807) is 49.6 Å². The lowest BCUT2D eigenvalue weighted by atomic mass is 10.1. The van der Waals surface area contributed by atoms with Crippen LogP contribution in [0.5, 0.6) is 0 Å². The third-order valence-electron chi connectivity index (χ3n) is 3.57. The number of anilines is 1. The third-order valence-corrected chi connectivity index (χ3v) is 4.44. The average Bonchev–Trinajstić information content (AvgIpc) is 3.22. The molecule has 0 spiro atoms. The van der Waals surface area contributed by atoms with E-state index in [0.29, 0.717) is 21.8 Å². The van der Waals surface area contributed by atoms with Gasteiger partial charge >= 0.3 is 0 Å². The summed E-state index contributed by atoms with van der Waals surface area (Å²) in [7, 11) is 0. The number of hydrogen-bond donors (Lipinski definition) is 2.